The van der Waals surface area contributed by atoms with E-state index in [0.29, 0.717) is 17.6 Å². The molecule has 0 aliphatic carbocycles. The first kappa shape index (κ1) is 17.9. The molecule has 6 nitrogen and oxygen atoms in total. The molecule has 0 atom stereocenters. The van der Waals surface area contributed by atoms with Crippen molar-refractivity contribution in [1.29, 1.82) is 0 Å². The lowest BCUT2D eigenvalue weighted by atomic mass is 10.1. The highest BCUT2D eigenvalue weighted by Gasteiger charge is 2.13. The van der Waals surface area contributed by atoms with Crippen LogP contribution < -0.4 is 10.9 Å². The number of aromatic nitrogens is 3. The molecule has 1 N–H and O–H groups in total. The van der Waals surface area contributed by atoms with Crippen molar-refractivity contribution < 1.29 is 4.79 Å². The van der Waals surface area contributed by atoms with Gasteiger partial charge in [0, 0.05) is 19.8 Å². The molecule has 3 aromatic rings. The highest BCUT2D eigenvalue weighted by atomic mass is 16.2. The van der Waals surface area contributed by atoms with Gasteiger partial charge in [0.1, 0.15) is 12.1 Å². The Bertz CT molecular complexity index is 983. The first-order valence-electron chi connectivity index (χ1n) is 8.85. The van der Waals surface area contributed by atoms with Crippen LogP contribution in [-0.4, -0.2) is 26.6 Å². The molecule has 2 heterocycles. The second-order valence-electron chi connectivity index (χ2n) is 6.57. The third-order valence-corrected chi connectivity index (χ3v) is 4.60. The number of carbonyl (C=O) groups excluding carboxylic acids is 1. The summed E-state index contributed by atoms with van der Waals surface area (Å²) in [5.74, 6) is -0.127. The van der Waals surface area contributed by atoms with E-state index in [4.69, 9.17) is 0 Å². The van der Waals surface area contributed by atoms with Gasteiger partial charge in [-0.2, -0.15) is 0 Å². The van der Waals surface area contributed by atoms with Crippen molar-refractivity contribution in [3.05, 3.63) is 63.8 Å². The second kappa shape index (κ2) is 7.56. The zero-order valence-electron chi connectivity index (χ0n) is 15.5. The molecule has 0 radical (unpaired) electrons. The summed E-state index contributed by atoms with van der Waals surface area (Å²) in [6.45, 7) is 4.69. The summed E-state index contributed by atoms with van der Waals surface area (Å²) >= 11 is 0. The van der Waals surface area contributed by atoms with Crippen LogP contribution in [0.1, 0.15) is 23.6 Å². The Morgan fingerprint density at radius 3 is 2.58 bits per heavy atom. The molecule has 0 saturated carbocycles. The van der Waals surface area contributed by atoms with E-state index >= 15 is 0 Å². The SMILES string of the molecule is CCc1ccc(CCNC(=O)Cn2cnc3c(C)cn(C)c(=O)c32)cc1. The predicted octanol–water partition coefficient (Wildman–Crippen LogP) is 1.96. The lowest BCUT2D eigenvalue weighted by Crippen LogP contribution is -2.30. The average molecular weight is 352 g/mol. The molecular formula is C20H24N4O2. The molecule has 0 aliphatic heterocycles. The highest BCUT2D eigenvalue weighted by molar-refractivity contribution is 5.81. The van der Waals surface area contributed by atoms with Crippen LogP contribution in [0.25, 0.3) is 11.0 Å². The van der Waals surface area contributed by atoms with Gasteiger partial charge < -0.3 is 14.5 Å². The summed E-state index contributed by atoms with van der Waals surface area (Å²) in [6, 6.07) is 8.43. The number of benzene rings is 1. The number of carbonyl (C=O) groups is 1. The Kier molecular flexibility index (Phi) is 5.21. The molecule has 0 unspecified atom stereocenters. The van der Waals surface area contributed by atoms with E-state index in [1.807, 2.05) is 6.92 Å². The summed E-state index contributed by atoms with van der Waals surface area (Å²) in [4.78, 5) is 28.9. The van der Waals surface area contributed by atoms with Gasteiger partial charge >= 0.3 is 0 Å². The topological polar surface area (TPSA) is 68.9 Å². The van der Waals surface area contributed by atoms with E-state index in [1.54, 1.807) is 24.1 Å². The van der Waals surface area contributed by atoms with E-state index in [0.717, 1.165) is 18.4 Å². The van der Waals surface area contributed by atoms with Gasteiger partial charge in [-0.05, 0) is 36.5 Å². The van der Waals surface area contributed by atoms with Gasteiger partial charge in [0.15, 0.2) is 0 Å². The molecule has 0 fully saturated rings. The molecular weight excluding hydrogens is 328 g/mol. The molecule has 1 aromatic carbocycles. The third-order valence-electron chi connectivity index (χ3n) is 4.60. The molecule has 2 aromatic heterocycles. The van der Waals surface area contributed by atoms with E-state index in [-0.39, 0.29) is 18.0 Å². The van der Waals surface area contributed by atoms with Gasteiger partial charge in [0.25, 0.3) is 5.56 Å². The largest absolute Gasteiger partial charge is 0.354 e. The smallest absolute Gasteiger partial charge is 0.276 e. The molecule has 0 saturated heterocycles. The highest BCUT2D eigenvalue weighted by Crippen LogP contribution is 2.12. The monoisotopic (exact) mass is 352 g/mol. The lowest BCUT2D eigenvalue weighted by molar-refractivity contribution is -0.121. The Labute approximate surface area is 152 Å². The maximum absolute atomic E-state index is 12.4. The minimum absolute atomic E-state index is 0.0873. The second-order valence-corrected chi connectivity index (χ2v) is 6.57. The van der Waals surface area contributed by atoms with Crippen LogP contribution in [0.2, 0.25) is 0 Å². The summed E-state index contributed by atoms with van der Waals surface area (Å²) in [5, 5.41) is 2.92. The summed E-state index contributed by atoms with van der Waals surface area (Å²) in [7, 11) is 1.70. The van der Waals surface area contributed by atoms with Gasteiger partial charge in [-0.1, -0.05) is 31.2 Å². The van der Waals surface area contributed by atoms with E-state index in [2.05, 4.69) is 41.5 Å². The van der Waals surface area contributed by atoms with Crippen LogP contribution in [-0.2, 0) is 31.2 Å². The molecule has 26 heavy (non-hydrogen) atoms. The van der Waals surface area contributed by atoms with Gasteiger partial charge in [-0.15, -0.1) is 0 Å². The van der Waals surface area contributed by atoms with Crippen LogP contribution in [0.15, 0.2) is 41.6 Å². The fourth-order valence-corrected chi connectivity index (χ4v) is 3.09. The van der Waals surface area contributed by atoms with E-state index < -0.39 is 0 Å². The average Bonchev–Trinajstić information content (AvgIpc) is 3.04. The maximum atomic E-state index is 12.4. The molecule has 0 bridgehead atoms. The van der Waals surface area contributed by atoms with Crippen molar-refractivity contribution >= 4 is 16.9 Å². The van der Waals surface area contributed by atoms with Crippen molar-refractivity contribution in [3.63, 3.8) is 0 Å². The Morgan fingerprint density at radius 1 is 1.19 bits per heavy atom. The minimum Gasteiger partial charge on any atom is -0.354 e. The molecule has 1 amide bonds. The number of nitrogens with one attached hydrogen (secondary N) is 1. The molecule has 3 rings (SSSR count). The van der Waals surface area contributed by atoms with Crippen LogP contribution in [0.5, 0.6) is 0 Å². The van der Waals surface area contributed by atoms with Crippen molar-refractivity contribution in [3.8, 4) is 0 Å². The van der Waals surface area contributed by atoms with Crippen molar-refractivity contribution in [2.45, 2.75) is 33.2 Å². The van der Waals surface area contributed by atoms with Crippen LogP contribution in [0, 0.1) is 6.92 Å². The molecule has 136 valence electrons. The van der Waals surface area contributed by atoms with Gasteiger partial charge in [-0.3, -0.25) is 9.59 Å². The number of amides is 1. The number of hydrogen-bond donors (Lipinski definition) is 1. The molecule has 6 heteroatoms. The fourth-order valence-electron chi connectivity index (χ4n) is 3.09. The number of hydrogen-bond acceptors (Lipinski definition) is 3. The Hall–Kier alpha value is -2.89. The van der Waals surface area contributed by atoms with E-state index in [9.17, 15) is 9.59 Å². The standard InChI is InChI=1S/C20H24N4O2/c1-4-15-5-7-16(8-6-15)9-10-21-17(25)12-24-13-22-18-14(2)11-23(3)20(26)19(18)24/h5-8,11,13H,4,9-10,12H2,1-3H3,(H,21,25). The summed E-state index contributed by atoms with van der Waals surface area (Å²) in [5.41, 5.74) is 4.39. The number of nitrogens with zero attached hydrogens (tertiary/aromatic N) is 3. The van der Waals surface area contributed by atoms with E-state index in [1.165, 1.54) is 15.7 Å². The third kappa shape index (κ3) is 3.69. The minimum atomic E-state index is -0.146. The zero-order chi connectivity index (χ0) is 18.7. The number of aryl methyl sites for hydroxylation is 3. The van der Waals surface area contributed by atoms with Gasteiger partial charge in [0.2, 0.25) is 5.91 Å². The normalized spacial score (nSPS) is 11.0. The summed E-state index contributed by atoms with van der Waals surface area (Å²) < 4.78 is 3.14. The zero-order valence-corrected chi connectivity index (χ0v) is 15.5. The van der Waals surface area contributed by atoms with Crippen molar-refractivity contribution in [2.24, 2.45) is 7.05 Å². The molecule has 0 aliphatic rings. The number of pyridine rings is 1. The fraction of sp³-hybridized carbons (Fsp3) is 0.350. The van der Waals surface area contributed by atoms with Crippen molar-refractivity contribution in [2.75, 3.05) is 6.54 Å². The van der Waals surface area contributed by atoms with Crippen molar-refractivity contribution in [1.82, 2.24) is 19.4 Å². The number of fused-ring (bicyclic) bond motifs is 1. The summed E-state index contributed by atoms with van der Waals surface area (Å²) in [6.07, 6.45) is 5.12. The Balaban J connectivity index is 1.63. The first-order chi connectivity index (χ1) is 12.5. The number of imidazole rings is 1. The lowest BCUT2D eigenvalue weighted by Gasteiger charge is -2.08. The quantitative estimate of drug-likeness (QED) is 0.737. The first-order valence-corrected chi connectivity index (χ1v) is 8.85. The van der Waals surface area contributed by atoms with Crippen LogP contribution in [0.4, 0.5) is 0 Å². The van der Waals surface area contributed by atoms with Crippen LogP contribution >= 0.6 is 0 Å². The van der Waals surface area contributed by atoms with Gasteiger partial charge in [0.05, 0.1) is 11.8 Å². The van der Waals surface area contributed by atoms with Gasteiger partial charge in [-0.25, -0.2) is 4.98 Å². The predicted molar refractivity (Wildman–Crippen MR) is 102 cm³/mol. The molecule has 0 spiro atoms. The van der Waals surface area contributed by atoms with Crippen LogP contribution in [0.3, 0.4) is 0 Å². The number of rotatable bonds is 6. The maximum Gasteiger partial charge on any atom is 0.276 e. The Morgan fingerprint density at radius 2 is 1.88 bits per heavy atom.